The van der Waals surface area contributed by atoms with Crippen LogP contribution in [-0.4, -0.2) is 45.2 Å². The summed E-state index contributed by atoms with van der Waals surface area (Å²) >= 11 is 3.86. The third kappa shape index (κ3) is 3.95. The summed E-state index contributed by atoms with van der Waals surface area (Å²) in [5.74, 6) is 1.18. The van der Waals surface area contributed by atoms with Crippen molar-refractivity contribution in [1.82, 2.24) is 19.9 Å². The van der Waals surface area contributed by atoms with Gasteiger partial charge in [-0.05, 0) is 69.0 Å². The summed E-state index contributed by atoms with van der Waals surface area (Å²) in [6.07, 6.45) is 8.31. The van der Waals surface area contributed by atoms with E-state index >= 15 is 0 Å². The summed E-state index contributed by atoms with van der Waals surface area (Å²) < 4.78 is 0. The van der Waals surface area contributed by atoms with E-state index in [2.05, 4.69) is 34.1 Å². The summed E-state index contributed by atoms with van der Waals surface area (Å²) in [4.78, 5) is 17.1. The van der Waals surface area contributed by atoms with Crippen LogP contribution in [0.2, 0.25) is 0 Å². The van der Waals surface area contributed by atoms with Crippen LogP contribution in [0.15, 0.2) is 46.6 Å². The Bertz CT molecular complexity index is 916. The monoisotopic (exact) mass is 410 g/mol. The number of nitrogens with one attached hydrogen (secondary N) is 1. The molecule has 1 aliphatic heterocycles. The van der Waals surface area contributed by atoms with Crippen molar-refractivity contribution in [3.63, 3.8) is 0 Å². The maximum atomic E-state index is 4.81. The quantitative estimate of drug-likeness (QED) is 0.558. The highest BCUT2D eigenvalue weighted by molar-refractivity contribution is 7.99. The Morgan fingerprint density at radius 3 is 2.89 bits per heavy atom. The minimum absolute atomic E-state index is 0.392. The van der Waals surface area contributed by atoms with Crippen LogP contribution in [0.4, 0.5) is 0 Å². The van der Waals surface area contributed by atoms with E-state index in [1.54, 1.807) is 0 Å². The van der Waals surface area contributed by atoms with Crippen molar-refractivity contribution in [3.8, 4) is 0 Å². The van der Waals surface area contributed by atoms with Gasteiger partial charge in [0.2, 0.25) is 0 Å². The van der Waals surface area contributed by atoms with E-state index < -0.39 is 0 Å². The molecule has 1 fully saturated rings. The molecule has 1 atom stereocenters. The summed E-state index contributed by atoms with van der Waals surface area (Å²) in [5, 5.41) is 1.40. The Kier molecular flexibility index (Phi) is 5.61. The van der Waals surface area contributed by atoms with Crippen LogP contribution in [0, 0.1) is 0 Å². The van der Waals surface area contributed by atoms with E-state index in [0.717, 1.165) is 22.6 Å². The van der Waals surface area contributed by atoms with E-state index in [4.69, 9.17) is 9.97 Å². The zero-order chi connectivity index (χ0) is 18.8. The number of thioether (sulfide) groups is 2. The second kappa shape index (κ2) is 8.47. The second-order valence-electron chi connectivity index (χ2n) is 7.63. The molecular weight excluding hydrogens is 384 g/mol. The van der Waals surface area contributed by atoms with Crippen LogP contribution in [0.5, 0.6) is 0 Å². The molecule has 2 aromatic heterocycles. The van der Waals surface area contributed by atoms with Gasteiger partial charge in [-0.1, -0.05) is 23.9 Å². The first-order chi connectivity index (χ1) is 13.9. The average molecular weight is 411 g/mol. The van der Waals surface area contributed by atoms with E-state index in [1.807, 2.05) is 35.8 Å². The Morgan fingerprint density at radius 2 is 2.00 bits per heavy atom. The first-order valence-electron chi connectivity index (χ1n) is 10.3. The Hall–Kier alpha value is -1.50. The van der Waals surface area contributed by atoms with Gasteiger partial charge in [-0.25, -0.2) is 4.98 Å². The highest BCUT2D eigenvalue weighted by Gasteiger charge is 2.26. The molecule has 1 aromatic carbocycles. The number of hydrogen-bond donors (Lipinski definition) is 1. The van der Waals surface area contributed by atoms with Crippen LogP contribution in [0.3, 0.4) is 0 Å². The second-order valence-corrected chi connectivity index (χ2v) is 9.96. The van der Waals surface area contributed by atoms with Gasteiger partial charge in [-0.3, -0.25) is 4.98 Å². The third-order valence-corrected chi connectivity index (χ3v) is 7.97. The van der Waals surface area contributed by atoms with Crippen molar-refractivity contribution in [2.45, 2.75) is 47.4 Å². The first kappa shape index (κ1) is 18.5. The third-order valence-electron chi connectivity index (χ3n) is 5.73. The molecule has 3 aromatic rings. The number of benzene rings is 1. The van der Waals surface area contributed by atoms with Crippen LogP contribution in [0.25, 0.3) is 11.0 Å². The SMILES string of the molecule is c1ccc2[nH]c(SC3CCCc4c(SCCN5CCCC5)ccnc43)nc2c1. The van der Waals surface area contributed by atoms with Crippen LogP contribution < -0.4 is 0 Å². The van der Waals surface area contributed by atoms with Gasteiger partial charge >= 0.3 is 0 Å². The fraction of sp³-hybridized carbons (Fsp3) is 0.455. The van der Waals surface area contributed by atoms with Gasteiger partial charge in [0.15, 0.2) is 5.16 Å². The summed E-state index contributed by atoms with van der Waals surface area (Å²) in [6.45, 7) is 3.77. The smallest absolute Gasteiger partial charge is 0.167 e. The molecule has 0 amide bonds. The predicted octanol–water partition coefficient (Wildman–Crippen LogP) is 5.32. The number of fused-ring (bicyclic) bond motifs is 2. The van der Waals surface area contributed by atoms with Gasteiger partial charge in [0, 0.05) is 23.4 Å². The Balaban J connectivity index is 1.31. The molecule has 1 aliphatic carbocycles. The van der Waals surface area contributed by atoms with E-state index in [0.29, 0.717) is 5.25 Å². The van der Waals surface area contributed by atoms with Crippen molar-refractivity contribution in [2.75, 3.05) is 25.4 Å². The van der Waals surface area contributed by atoms with Crippen molar-refractivity contribution in [3.05, 3.63) is 47.8 Å². The molecule has 5 rings (SSSR count). The first-order valence-corrected chi connectivity index (χ1v) is 12.2. The molecule has 6 heteroatoms. The standard InChI is InChI=1S/C22H26N4S2/c1-2-8-18-17(7-1)24-22(25-18)28-20-9-5-6-16-19(10-11-23-21(16)20)27-15-14-26-12-3-4-13-26/h1-2,7-8,10-11,20H,3-6,9,12-15H2,(H,24,25). The van der Waals surface area contributed by atoms with Gasteiger partial charge < -0.3 is 9.88 Å². The molecule has 0 radical (unpaired) electrons. The van der Waals surface area contributed by atoms with E-state index in [1.165, 1.54) is 67.2 Å². The van der Waals surface area contributed by atoms with Crippen molar-refractivity contribution >= 4 is 34.6 Å². The fourth-order valence-corrected chi connectivity index (χ4v) is 6.58. The zero-order valence-corrected chi connectivity index (χ0v) is 17.7. The molecule has 1 N–H and O–H groups in total. The molecular formula is C22H26N4S2. The maximum absolute atomic E-state index is 4.81. The fourth-order valence-electron chi connectivity index (χ4n) is 4.28. The molecule has 146 valence electrons. The number of H-pyrrole nitrogens is 1. The normalized spacial score (nSPS) is 19.9. The summed E-state index contributed by atoms with van der Waals surface area (Å²) in [7, 11) is 0. The Morgan fingerprint density at radius 1 is 1.11 bits per heavy atom. The average Bonchev–Trinajstić information content (AvgIpc) is 3.38. The number of nitrogens with zero attached hydrogens (tertiary/aromatic N) is 3. The minimum Gasteiger partial charge on any atom is -0.333 e. The number of aromatic nitrogens is 3. The van der Waals surface area contributed by atoms with Gasteiger partial charge in [-0.2, -0.15) is 0 Å². The number of likely N-dealkylation sites (tertiary alicyclic amines) is 1. The number of hydrogen-bond acceptors (Lipinski definition) is 5. The molecule has 3 heterocycles. The largest absolute Gasteiger partial charge is 0.333 e. The van der Waals surface area contributed by atoms with Crippen LogP contribution in [-0.2, 0) is 6.42 Å². The van der Waals surface area contributed by atoms with Crippen molar-refractivity contribution in [1.29, 1.82) is 0 Å². The highest BCUT2D eigenvalue weighted by atomic mass is 32.2. The minimum atomic E-state index is 0.392. The number of rotatable bonds is 6. The molecule has 1 unspecified atom stereocenters. The Labute approximate surface area is 174 Å². The molecule has 0 saturated carbocycles. The number of imidazole rings is 1. The number of pyridine rings is 1. The van der Waals surface area contributed by atoms with Crippen LogP contribution in [0.1, 0.15) is 42.2 Å². The van der Waals surface area contributed by atoms with Gasteiger partial charge in [-0.15, -0.1) is 11.8 Å². The topological polar surface area (TPSA) is 44.8 Å². The molecule has 1 saturated heterocycles. The van der Waals surface area contributed by atoms with Gasteiger partial charge in [0.05, 0.1) is 22.0 Å². The van der Waals surface area contributed by atoms with Crippen molar-refractivity contribution in [2.24, 2.45) is 0 Å². The van der Waals surface area contributed by atoms with Gasteiger partial charge in [0.25, 0.3) is 0 Å². The molecule has 2 aliphatic rings. The molecule has 0 bridgehead atoms. The predicted molar refractivity (Wildman–Crippen MR) is 118 cm³/mol. The lowest BCUT2D eigenvalue weighted by molar-refractivity contribution is 0.362. The lowest BCUT2D eigenvalue weighted by Gasteiger charge is -2.25. The molecule has 28 heavy (non-hydrogen) atoms. The zero-order valence-electron chi connectivity index (χ0n) is 16.1. The number of aromatic amines is 1. The van der Waals surface area contributed by atoms with E-state index in [9.17, 15) is 0 Å². The van der Waals surface area contributed by atoms with Gasteiger partial charge in [0.1, 0.15) is 0 Å². The molecule has 4 nitrogen and oxygen atoms in total. The van der Waals surface area contributed by atoms with E-state index in [-0.39, 0.29) is 0 Å². The van der Waals surface area contributed by atoms with Crippen LogP contribution >= 0.6 is 23.5 Å². The lowest BCUT2D eigenvalue weighted by atomic mass is 9.96. The maximum Gasteiger partial charge on any atom is 0.167 e. The summed E-state index contributed by atoms with van der Waals surface area (Å²) in [6, 6.07) is 10.5. The van der Waals surface area contributed by atoms with Crippen molar-refractivity contribution < 1.29 is 0 Å². The highest BCUT2D eigenvalue weighted by Crippen LogP contribution is 2.44. The molecule has 0 spiro atoms. The lowest BCUT2D eigenvalue weighted by Crippen LogP contribution is -2.22. The summed E-state index contributed by atoms with van der Waals surface area (Å²) in [5.41, 5.74) is 4.91. The number of para-hydroxylation sites is 2.